The summed E-state index contributed by atoms with van der Waals surface area (Å²) in [7, 11) is 0. The van der Waals surface area contributed by atoms with Crippen molar-refractivity contribution in [2.75, 3.05) is 0 Å². The number of carbonyl (C=O) groups is 1. The summed E-state index contributed by atoms with van der Waals surface area (Å²) < 4.78 is 6.48. The Morgan fingerprint density at radius 3 is 2.67 bits per heavy atom. The van der Waals surface area contributed by atoms with Crippen LogP contribution in [-0.2, 0) is 16.0 Å². The zero-order valence-corrected chi connectivity index (χ0v) is 15.5. The maximum absolute atomic E-state index is 11.6. The molecule has 1 amide bonds. The van der Waals surface area contributed by atoms with Crippen molar-refractivity contribution < 1.29 is 29.7 Å². The first-order valence-electron chi connectivity index (χ1n) is 9.06. The second-order valence-electron chi connectivity index (χ2n) is 6.84. The van der Waals surface area contributed by atoms with E-state index in [4.69, 9.17) is 20.7 Å². The van der Waals surface area contributed by atoms with E-state index >= 15 is 0 Å². The van der Waals surface area contributed by atoms with Crippen molar-refractivity contribution >= 4 is 17.1 Å². The van der Waals surface area contributed by atoms with Gasteiger partial charge in [0.05, 0.1) is 6.33 Å². The molecule has 0 radical (unpaired) electrons. The lowest BCUT2D eigenvalue weighted by Gasteiger charge is -2.38. The van der Waals surface area contributed by atoms with Crippen LogP contribution >= 0.6 is 0 Å². The van der Waals surface area contributed by atoms with Crippen LogP contribution < -0.4 is 16.1 Å². The average Bonchev–Trinajstić information content (AvgIpc) is 3.22. The number of aliphatic hydroxyl groups is 3. The van der Waals surface area contributed by atoms with Crippen molar-refractivity contribution in [1.82, 2.24) is 19.7 Å². The van der Waals surface area contributed by atoms with Crippen LogP contribution in [0.2, 0.25) is 0 Å². The summed E-state index contributed by atoms with van der Waals surface area (Å²) in [4.78, 5) is 28.5. The summed E-state index contributed by atoms with van der Waals surface area (Å²) in [6.45, 7) is 0. The van der Waals surface area contributed by atoms with Gasteiger partial charge in [-0.2, -0.15) is 0 Å². The van der Waals surface area contributed by atoms with E-state index in [-0.39, 0.29) is 28.9 Å². The minimum absolute atomic E-state index is 0.0659. The second-order valence-corrected chi connectivity index (χ2v) is 6.84. The number of ether oxygens (including phenoxy) is 1. The Kier molecular flexibility index (Phi) is 5.22. The molecule has 3 heterocycles. The van der Waals surface area contributed by atoms with Gasteiger partial charge in [-0.25, -0.2) is 9.97 Å². The van der Waals surface area contributed by atoms with E-state index in [1.54, 1.807) is 0 Å². The number of hydrogen-bond acceptors (Lipinski definition) is 9. The molecule has 1 saturated heterocycles. The first-order chi connectivity index (χ1) is 14.4. The molecule has 12 nitrogen and oxygen atoms in total. The Labute approximate surface area is 169 Å². The lowest BCUT2D eigenvalue weighted by atomic mass is 9.99. The smallest absolute Gasteiger partial charge is 0.254 e. The normalized spacial score (nSPS) is 26.6. The minimum Gasteiger partial charge on any atom is -0.387 e. The predicted molar refractivity (Wildman–Crippen MR) is 99.4 cm³/mol. The summed E-state index contributed by atoms with van der Waals surface area (Å²) in [6.07, 6.45) is -6.72. The maximum atomic E-state index is 11.6. The third-order valence-electron chi connectivity index (χ3n) is 4.79. The van der Waals surface area contributed by atoms with E-state index < -0.39 is 36.6 Å². The Bertz CT molecular complexity index is 1120. The van der Waals surface area contributed by atoms with Gasteiger partial charge in [0.25, 0.3) is 6.29 Å². The third kappa shape index (κ3) is 3.52. The van der Waals surface area contributed by atoms with Crippen LogP contribution in [0, 0.1) is 5.41 Å². The summed E-state index contributed by atoms with van der Waals surface area (Å²) in [5, 5.41) is 38.5. The zero-order valence-electron chi connectivity index (χ0n) is 15.5. The summed E-state index contributed by atoms with van der Waals surface area (Å²) in [6, 6.07) is 9.27. The lowest BCUT2D eigenvalue weighted by molar-refractivity contribution is -0.289. The van der Waals surface area contributed by atoms with Crippen molar-refractivity contribution in [1.29, 1.82) is 5.41 Å². The number of nitrogens with two attached hydrogens (primary N) is 1. The first kappa shape index (κ1) is 20.0. The number of H-pyrrole nitrogens is 1. The number of rotatable bonds is 5. The molecule has 0 bridgehead atoms. The molecule has 0 spiro atoms. The van der Waals surface area contributed by atoms with Crippen molar-refractivity contribution in [2.24, 2.45) is 5.73 Å². The number of imidazole rings is 1. The average molecular weight is 416 g/mol. The van der Waals surface area contributed by atoms with Gasteiger partial charge in [-0.05, 0) is 5.56 Å². The molecule has 1 aromatic carbocycles. The van der Waals surface area contributed by atoms with Crippen molar-refractivity contribution in [3.05, 3.63) is 53.5 Å². The van der Waals surface area contributed by atoms with Crippen molar-refractivity contribution in [3.8, 4) is 0 Å². The van der Waals surface area contributed by atoms with E-state index in [1.807, 2.05) is 30.3 Å². The number of primary amides is 1. The molecular formula is C18H20N6O6. The summed E-state index contributed by atoms with van der Waals surface area (Å²) in [5.74, 6) is -0.765. The van der Waals surface area contributed by atoms with Crippen LogP contribution in [0.1, 0.15) is 11.4 Å². The standard InChI is InChI=1S/C18H20N6O6/c19-15-10-17(22-7-21-10)24(9(23-15)6-8-4-2-1-3-5-8)30-18-13(27)11(25)12(26)14(29-18)16(20)28/h1-5,7,11-14,18-19,25-27H,6H2,(H2,20,28)(H,21,22)/t11-,12-,13+,14-,18-/m0/s1. The summed E-state index contributed by atoms with van der Waals surface area (Å²) in [5.41, 5.74) is 6.47. The Morgan fingerprint density at radius 2 is 1.97 bits per heavy atom. The topological polar surface area (TPSA) is 193 Å². The highest BCUT2D eigenvalue weighted by Gasteiger charge is 2.48. The number of amides is 1. The van der Waals surface area contributed by atoms with E-state index in [0.717, 1.165) is 10.3 Å². The number of carbonyl (C=O) groups excluding carboxylic acids is 1. The second kappa shape index (κ2) is 7.84. The largest absolute Gasteiger partial charge is 0.387 e. The van der Waals surface area contributed by atoms with E-state index in [0.29, 0.717) is 0 Å². The summed E-state index contributed by atoms with van der Waals surface area (Å²) >= 11 is 0. The van der Waals surface area contributed by atoms with Crippen LogP contribution in [0.3, 0.4) is 0 Å². The number of aromatic amines is 1. The number of nitrogens with one attached hydrogen (secondary N) is 2. The number of fused-ring (bicyclic) bond motifs is 1. The molecule has 0 unspecified atom stereocenters. The van der Waals surface area contributed by atoms with Gasteiger partial charge >= 0.3 is 0 Å². The zero-order chi connectivity index (χ0) is 21.4. The van der Waals surface area contributed by atoms with Crippen LogP contribution in [0.4, 0.5) is 0 Å². The number of benzene rings is 1. The van der Waals surface area contributed by atoms with Gasteiger partial charge in [-0.15, -0.1) is 4.73 Å². The Balaban J connectivity index is 1.75. The van der Waals surface area contributed by atoms with Crippen LogP contribution in [-0.4, -0.2) is 71.6 Å². The number of nitrogens with zero attached hydrogens (tertiary/aromatic N) is 3. The Hall–Kier alpha value is -3.32. The Morgan fingerprint density at radius 1 is 1.23 bits per heavy atom. The van der Waals surface area contributed by atoms with E-state index in [2.05, 4.69) is 15.0 Å². The molecule has 5 atom stereocenters. The number of aromatic nitrogens is 4. The fourth-order valence-electron chi connectivity index (χ4n) is 3.24. The minimum atomic E-state index is -1.74. The molecule has 158 valence electrons. The van der Waals surface area contributed by atoms with Crippen molar-refractivity contribution in [2.45, 2.75) is 37.1 Å². The van der Waals surface area contributed by atoms with Gasteiger partial charge in [-0.3, -0.25) is 10.2 Å². The molecular weight excluding hydrogens is 396 g/mol. The molecule has 0 saturated carbocycles. The third-order valence-corrected chi connectivity index (χ3v) is 4.79. The molecule has 1 aliphatic heterocycles. The molecule has 30 heavy (non-hydrogen) atoms. The molecule has 4 rings (SSSR count). The number of hydrogen-bond donors (Lipinski definition) is 6. The highest BCUT2D eigenvalue weighted by atomic mass is 16.8. The fourth-order valence-corrected chi connectivity index (χ4v) is 3.24. The van der Waals surface area contributed by atoms with E-state index in [9.17, 15) is 20.1 Å². The molecule has 12 heteroatoms. The van der Waals surface area contributed by atoms with E-state index in [1.165, 1.54) is 6.33 Å². The van der Waals surface area contributed by atoms with Gasteiger partial charge in [0, 0.05) is 6.42 Å². The monoisotopic (exact) mass is 416 g/mol. The van der Waals surface area contributed by atoms with Gasteiger partial charge in [-0.1, -0.05) is 30.3 Å². The fraction of sp³-hybridized carbons (Fsp3) is 0.333. The highest BCUT2D eigenvalue weighted by Crippen LogP contribution is 2.22. The van der Waals surface area contributed by atoms with Gasteiger partial charge in [0.2, 0.25) is 5.91 Å². The van der Waals surface area contributed by atoms with Gasteiger partial charge < -0.3 is 35.6 Å². The quantitative estimate of drug-likeness (QED) is 0.264. The van der Waals surface area contributed by atoms with Crippen molar-refractivity contribution in [3.63, 3.8) is 0 Å². The first-order valence-corrected chi connectivity index (χ1v) is 9.06. The molecule has 7 N–H and O–H groups in total. The van der Waals surface area contributed by atoms with Gasteiger partial charge in [0.1, 0.15) is 23.8 Å². The van der Waals surface area contributed by atoms with Crippen LogP contribution in [0.15, 0.2) is 36.7 Å². The molecule has 0 aliphatic carbocycles. The van der Waals surface area contributed by atoms with Gasteiger partial charge in [0.15, 0.2) is 23.1 Å². The lowest BCUT2D eigenvalue weighted by Crippen LogP contribution is -2.63. The number of aliphatic hydroxyl groups excluding tert-OH is 3. The van der Waals surface area contributed by atoms with Crippen LogP contribution in [0.25, 0.3) is 11.2 Å². The predicted octanol–water partition coefficient (Wildman–Crippen LogP) is -2.45. The molecule has 1 aliphatic rings. The highest BCUT2D eigenvalue weighted by molar-refractivity contribution is 5.79. The van der Waals surface area contributed by atoms with Crippen LogP contribution in [0.5, 0.6) is 0 Å². The SMILES string of the molecule is N=c1nc(Cc2ccccc2)n(O[C@@H]2O[C@H](C(N)=O)[C@@H](O)[C@H](O)[C@H]2O)c2nc[nH]c12. The molecule has 3 aromatic rings. The molecule has 2 aromatic heterocycles. The maximum Gasteiger partial charge on any atom is 0.254 e. The molecule has 1 fully saturated rings.